The van der Waals surface area contributed by atoms with Crippen molar-refractivity contribution in [2.75, 3.05) is 26.2 Å². The number of hydrogen-bond acceptors (Lipinski definition) is 4. The topological polar surface area (TPSA) is 107 Å². The molecule has 0 radical (unpaired) electrons. The van der Waals surface area contributed by atoms with Crippen LogP contribution in [0.2, 0.25) is 0 Å². The highest BCUT2D eigenvalue weighted by Gasteiger charge is 2.35. The lowest BCUT2D eigenvalue weighted by Gasteiger charge is -2.21. The summed E-state index contributed by atoms with van der Waals surface area (Å²) in [5.41, 5.74) is 0. The molecule has 0 aromatic heterocycles. The van der Waals surface area contributed by atoms with Crippen molar-refractivity contribution in [1.82, 2.24) is 14.5 Å². The summed E-state index contributed by atoms with van der Waals surface area (Å²) in [5, 5.41) is 11.8. The third-order valence-electron chi connectivity index (χ3n) is 4.68. The lowest BCUT2D eigenvalue weighted by atomic mass is 10.1. The third kappa shape index (κ3) is 3.77. The minimum atomic E-state index is -3.56. The van der Waals surface area contributed by atoms with Crippen molar-refractivity contribution < 1.29 is 23.1 Å². The Labute approximate surface area is 146 Å². The van der Waals surface area contributed by atoms with Gasteiger partial charge >= 0.3 is 12.0 Å². The number of carboxylic acids is 1. The summed E-state index contributed by atoms with van der Waals surface area (Å²) >= 11 is 0. The maximum atomic E-state index is 12.6. The molecule has 0 spiro atoms. The molecule has 2 saturated heterocycles. The number of amides is 2. The summed E-state index contributed by atoms with van der Waals surface area (Å²) in [6.07, 6.45) is 0.982. The van der Waals surface area contributed by atoms with Crippen molar-refractivity contribution in [1.29, 1.82) is 0 Å². The van der Waals surface area contributed by atoms with E-state index in [9.17, 15) is 18.0 Å². The number of likely N-dealkylation sites (tertiary alicyclic amines) is 1. The van der Waals surface area contributed by atoms with Gasteiger partial charge in [-0.25, -0.2) is 13.2 Å². The number of nitrogens with zero attached hydrogens (tertiary/aromatic N) is 2. The molecule has 2 aliphatic rings. The first-order chi connectivity index (χ1) is 11.9. The molecule has 2 atom stereocenters. The van der Waals surface area contributed by atoms with E-state index in [0.717, 1.165) is 0 Å². The minimum absolute atomic E-state index is 0.194. The lowest BCUT2D eigenvalue weighted by molar-refractivity contribution is -0.141. The molecule has 2 fully saturated rings. The van der Waals surface area contributed by atoms with E-state index in [1.54, 1.807) is 30.3 Å². The maximum absolute atomic E-state index is 12.6. The van der Waals surface area contributed by atoms with Gasteiger partial charge in [-0.15, -0.1) is 0 Å². The van der Waals surface area contributed by atoms with Crippen molar-refractivity contribution in [3.8, 4) is 0 Å². The van der Waals surface area contributed by atoms with Gasteiger partial charge in [-0.2, -0.15) is 4.31 Å². The number of nitrogens with one attached hydrogen (secondary N) is 1. The van der Waals surface area contributed by atoms with Gasteiger partial charge in [0.1, 0.15) is 0 Å². The molecule has 1 aromatic carbocycles. The number of hydrogen-bond donors (Lipinski definition) is 2. The first-order valence-electron chi connectivity index (χ1n) is 8.21. The number of aliphatic carboxylic acids is 1. The van der Waals surface area contributed by atoms with Crippen molar-refractivity contribution >= 4 is 22.0 Å². The van der Waals surface area contributed by atoms with Crippen LogP contribution in [-0.4, -0.2) is 67.0 Å². The van der Waals surface area contributed by atoms with Gasteiger partial charge < -0.3 is 15.3 Å². The SMILES string of the molecule is O=C(O)C1CCN(C(=O)N[C@H]2CCN(S(=O)(=O)c3ccccc3)C2)C1. The van der Waals surface area contributed by atoms with Crippen molar-refractivity contribution in [3.63, 3.8) is 0 Å². The summed E-state index contributed by atoms with van der Waals surface area (Å²) in [4.78, 5) is 24.9. The Balaban J connectivity index is 1.57. The van der Waals surface area contributed by atoms with Crippen molar-refractivity contribution in [2.24, 2.45) is 5.92 Å². The van der Waals surface area contributed by atoms with Gasteiger partial charge in [0.2, 0.25) is 10.0 Å². The molecule has 2 aliphatic heterocycles. The number of rotatable bonds is 4. The second kappa shape index (κ2) is 7.01. The quantitative estimate of drug-likeness (QED) is 0.809. The van der Waals surface area contributed by atoms with Crippen LogP contribution in [0.25, 0.3) is 0 Å². The van der Waals surface area contributed by atoms with Crippen LogP contribution in [0.4, 0.5) is 4.79 Å². The average molecular weight is 367 g/mol. The fraction of sp³-hybridized carbons (Fsp3) is 0.500. The highest BCUT2D eigenvalue weighted by molar-refractivity contribution is 7.89. The van der Waals surface area contributed by atoms with Gasteiger partial charge in [0.15, 0.2) is 0 Å². The predicted molar refractivity (Wildman–Crippen MR) is 89.5 cm³/mol. The number of carboxylic acid groups (broad SMARTS) is 1. The molecule has 0 saturated carbocycles. The Morgan fingerprint density at radius 2 is 1.80 bits per heavy atom. The summed E-state index contributed by atoms with van der Waals surface area (Å²) in [6, 6.07) is 7.62. The molecule has 2 heterocycles. The van der Waals surface area contributed by atoms with Crippen LogP contribution in [0.1, 0.15) is 12.8 Å². The zero-order valence-electron chi connectivity index (χ0n) is 13.7. The molecule has 9 heteroatoms. The largest absolute Gasteiger partial charge is 0.481 e. The normalized spacial score (nSPS) is 24.4. The highest BCUT2D eigenvalue weighted by atomic mass is 32.2. The number of carbonyl (C=O) groups is 2. The smallest absolute Gasteiger partial charge is 0.317 e. The van der Waals surface area contributed by atoms with Crippen LogP contribution >= 0.6 is 0 Å². The Bertz CT molecular complexity index is 752. The zero-order chi connectivity index (χ0) is 18.0. The molecule has 136 valence electrons. The van der Waals surface area contributed by atoms with E-state index in [1.165, 1.54) is 9.21 Å². The highest BCUT2D eigenvalue weighted by Crippen LogP contribution is 2.22. The fourth-order valence-corrected chi connectivity index (χ4v) is 4.74. The van der Waals surface area contributed by atoms with E-state index in [2.05, 4.69) is 5.32 Å². The summed E-state index contributed by atoms with van der Waals surface area (Å²) < 4.78 is 26.5. The van der Waals surface area contributed by atoms with Crippen LogP contribution < -0.4 is 5.32 Å². The summed E-state index contributed by atoms with van der Waals surface area (Å²) in [5.74, 6) is -1.42. The Morgan fingerprint density at radius 1 is 1.08 bits per heavy atom. The third-order valence-corrected chi connectivity index (χ3v) is 6.56. The fourth-order valence-electron chi connectivity index (χ4n) is 3.22. The molecule has 3 rings (SSSR count). The maximum Gasteiger partial charge on any atom is 0.317 e. The van der Waals surface area contributed by atoms with Crippen LogP contribution in [0.15, 0.2) is 35.2 Å². The molecule has 1 aromatic rings. The molecular formula is C16H21N3O5S. The van der Waals surface area contributed by atoms with E-state index < -0.39 is 21.9 Å². The van der Waals surface area contributed by atoms with Crippen LogP contribution in [-0.2, 0) is 14.8 Å². The van der Waals surface area contributed by atoms with E-state index in [1.807, 2.05) is 0 Å². The van der Waals surface area contributed by atoms with Gasteiger partial charge in [0, 0.05) is 32.2 Å². The molecular weight excluding hydrogens is 346 g/mol. The van der Waals surface area contributed by atoms with E-state index >= 15 is 0 Å². The van der Waals surface area contributed by atoms with Crippen LogP contribution in [0, 0.1) is 5.92 Å². The van der Waals surface area contributed by atoms with Gasteiger partial charge in [-0.3, -0.25) is 4.79 Å². The van der Waals surface area contributed by atoms with Crippen LogP contribution in [0.5, 0.6) is 0 Å². The van der Waals surface area contributed by atoms with E-state index in [4.69, 9.17) is 5.11 Å². The number of carbonyl (C=O) groups excluding carboxylic acids is 1. The summed E-state index contributed by atoms with van der Waals surface area (Å²) in [7, 11) is -3.56. The van der Waals surface area contributed by atoms with E-state index in [-0.39, 0.29) is 30.1 Å². The number of benzene rings is 1. The first kappa shape index (κ1) is 17.7. The van der Waals surface area contributed by atoms with Gasteiger partial charge in [-0.1, -0.05) is 18.2 Å². The molecule has 0 bridgehead atoms. The molecule has 8 nitrogen and oxygen atoms in total. The molecule has 1 unspecified atom stereocenters. The average Bonchev–Trinajstić information content (AvgIpc) is 3.25. The molecule has 0 aliphatic carbocycles. The van der Waals surface area contributed by atoms with Gasteiger partial charge in [0.25, 0.3) is 0 Å². The molecule has 25 heavy (non-hydrogen) atoms. The second-order valence-electron chi connectivity index (χ2n) is 6.38. The Hall–Kier alpha value is -2.13. The monoisotopic (exact) mass is 367 g/mol. The van der Waals surface area contributed by atoms with Gasteiger partial charge in [-0.05, 0) is 25.0 Å². The first-order valence-corrected chi connectivity index (χ1v) is 9.65. The van der Waals surface area contributed by atoms with E-state index in [0.29, 0.717) is 25.9 Å². The molecule has 2 N–H and O–H groups in total. The summed E-state index contributed by atoms with van der Waals surface area (Å²) in [6.45, 7) is 1.17. The van der Waals surface area contributed by atoms with Crippen LogP contribution in [0.3, 0.4) is 0 Å². The number of sulfonamides is 1. The Morgan fingerprint density at radius 3 is 2.44 bits per heavy atom. The van der Waals surface area contributed by atoms with Crippen molar-refractivity contribution in [2.45, 2.75) is 23.8 Å². The minimum Gasteiger partial charge on any atom is -0.481 e. The standard InChI is InChI=1S/C16H21N3O5S/c20-15(21)12-6-8-18(10-12)16(22)17-13-7-9-19(11-13)25(23,24)14-4-2-1-3-5-14/h1-5,12-13H,6-11H2,(H,17,22)(H,20,21)/t12?,13-/m0/s1. The number of urea groups is 1. The molecule has 2 amide bonds. The zero-order valence-corrected chi connectivity index (χ0v) is 14.5. The lowest BCUT2D eigenvalue weighted by Crippen LogP contribution is -2.45. The van der Waals surface area contributed by atoms with Gasteiger partial charge in [0.05, 0.1) is 10.8 Å². The second-order valence-corrected chi connectivity index (χ2v) is 8.32. The Kier molecular flexibility index (Phi) is 4.96. The van der Waals surface area contributed by atoms with Crippen molar-refractivity contribution in [3.05, 3.63) is 30.3 Å². The predicted octanol–water partition coefficient (Wildman–Crippen LogP) is 0.566.